The maximum Gasteiger partial charge on any atom is 1.00 e. The molecule has 0 aromatic carbocycles. The Bertz CT molecular complexity index is 534. The number of aliphatic carboxylic acids is 6. The first kappa shape index (κ1) is 49.0. The Morgan fingerprint density at radius 3 is 1.23 bits per heavy atom. The van der Waals surface area contributed by atoms with E-state index in [1.54, 1.807) is 0 Å². The minimum absolute atomic E-state index is 0. The molecule has 157 valence electrons. The van der Waals surface area contributed by atoms with Crippen molar-refractivity contribution in [2.75, 3.05) is 0 Å². The van der Waals surface area contributed by atoms with E-state index in [0.29, 0.717) is 0 Å². The molecule has 0 saturated carbocycles. The van der Waals surface area contributed by atoms with E-state index in [1.165, 1.54) is 0 Å². The molecule has 15 nitrogen and oxygen atoms in total. The van der Waals surface area contributed by atoms with Gasteiger partial charge >= 0.3 is 107 Å². The van der Waals surface area contributed by atoms with Crippen LogP contribution < -0.4 is 104 Å². The number of aliphatic hydroxyl groups excluding tert-OH is 2. The second-order valence-corrected chi connectivity index (χ2v) is 4.59. The van der Waals surface area contributed by atoms with Crippen molar-refractivity contribution in [3.05, 3.63) is 0 Å². The third-order valence-electron chi connectivity index (χ3n) is 2.66. The fourth-order valence-electron chi connectivity index (χ4n) is 1.36. The van der Waals surface area contributed by atoms with Crippen LogP contribution in [0, 0.1) is 11.8 Å². The van der Waals surface area contributed by atoms with Crippen molar-refractivity contribution in [2.24, 2.45) is 11.8 Å². The van der Waals surface area contributed by atoms with Crippen LogP contribution in [0.2, 0.25) is 0 Å². The fourth-order valence-corrected chi connectivity index (χ4v) is 1.36. The van der Waals surface area contributed by atoms with Crippen LogP contribution >= 0.6 is 0 Å². The number of carbonyl (C=O) groups is 6. The number of carboxylic acid groups (broad SMARTS) is 6. The maximum absolute atomic E-state index is 10.3. The van der Waals surface area contributed by atoms with Gasteiger partial charge in [0, 0.05) is 47.4 Å². The van der Waals surface area contributed by atoms with Crippen molar-refractivity contribution in [2.45, 2.75) is 25.0 Å². The second-order valence-electron chi connectivity index (χ2n) is 4.59. The minimum atomic E-state index is -2.41. The van der Waals surface area contributed by atoms with E-state index in [-0.39, 0.29) is 124 Å². The smallest absolute Gasteiger partial charge is 0.550 e. The summed E-state index contributed by atoms with van der Waals surface area (Å²) < 4.78 is 0. The van der Waals surface area contributed by atoms with Crippen LogP contribution in [0.1, 0.15) is 12.8 Å². The van der Waals surface area contributed by atoms with Crippen LogP contribution in [-0.2, 0) is 28.8 Å². The molecule has 0 amide bonds. The van der Waals surface area contributed by atoms with Crippen molar-refractivity contribution in [1.29, 1.82) is 0 Å². The largest absolute Gasteiger partial charge is 1.00 e. The van der Waals surface area contributed by atoms with Gasteiger partial charge in [-0.05, 0) is 6.42 Å². The molecule has 0 spiro atoms. The van der Waals surface area contributed by atoms with Gasteiger partial charge in [0.15, 0.2) is 6.10 Å². The first-order valence-corrected chi connectivity index (χ1v) is 6.37. The molecule has 0 heterocycles. The summed E-state index contributed by atoms with van der Waals surface area (Å²) in [4.78, 5) is 60.5. The number of carbonyl (C=O) groups excluding carboxylic acids is 3. The molecular weight excluding hydrogens is 476 g/mol. The molecule has 4 atom stereocenters. The molecule has 0 aliphatic carbocycles. The predicted octanol–water partition coefficient (Wildman–Crippen LogP) is -17.0. The van der Waals surface area contributed by atoms with E-state index >= 15 is 0 Å². The molecule has 0 fully saturated rings. The Morgan fingerprint density at radius 1 is 0.645 bits per heavy atom. The van der Waals surface area contributed by atoms with Crippen LogP contribution in [0.25, 0.3) is 0 Å². The summed E-state index contributed by atoms with van der Waals surface area (Å²) >= 11 is 0. The maximum atomic E-state index is 10.3. The minimum Gasteiger partial charge on any atom is -0.550 e. The number of hydrogen-bond donors (Lipinski definition) is 5. The predicted molar refractivity (Wildman–Crippen MR) is 75.5 cm³/mol. The Balaban J connectivity index is -0.0000000640. The van der Waals surface area contributed by atoms with Gasteiger partial charge in [0.2, 0.25) is 0 Å². The Hall–Kier alpha value is 0.700. The Morgan fingerprint density at radius 2 is 1.03 bits per heavy atom. The third kappa shape index (κ3) is 23.6. The molecule has 0 bridgehead atoms. The summed E-state index contributed by atoms with van der Waals surface area (Å²) in [6.45, 7) is 0. The first-order chi connectivity index (χ1) is 11.7. The van der Waals surface area contributed by atoms with Crippen molar-refractivity contribution in [3.63, 3.8) is 0 Å². The number of carboxylic acids is 6. The zero-order valence-electron chi connectivity index (χ0n) is 17.1. The molecule has 31 heavy (non-hydrogen) atoms. The second kappa shape index (κ2) is 25.3. The van der Waals surface area contributed by atoms with Crippen LogP contribution in [0.3, 0.4) is 0 Å². The van der Waals surface area contributed by atoms with Gasteiger partial charge < -0.3 is 60.7 Å². The normalized spacial score (nSPS) is 12.2. The quantitative estimate of drug-likeness (QED) is 0.177. The third-order valence-corrected chi connectivity index (χ3v) is 2.66. The van der Waals surface area contributed by atoms with Crippen LogP contribution in [0.4, 0.5) is 0 Å². The average Bonchev–Trinajstić information content (AvgIpc) is 2.48. The van der Waals surface area contributed by atoms with Gasteiger partial charge in [0.1, 0.15) is 12.0 Å². The van der Waals surface area contributed by atoms with E-state index in [9.17, 15) is 44.1 Å². The van der Waals surface area contributed by atoms with E-state index in [0.717, 1.165) is 0 Å². The number of hydrogen-bond acceptors (Lipinski definition) is 11. The SMILES string of the molecule is O.O=C(O)CC(C(=O)O)C(O)C(=O)O.O=C([O-])CC(C(=O)[O-])C(O)C(=O)[O-].[Na+].[Na+].[Na+].[Na]. The summed E-state index contributed by atoms with van der Waals surface area (Å²) in [6, 6.07) is 0. The summed E-state index contributed by atoms with van der Waals surface area (Å²) in [6.07, 6.45) is -6.68. The molecule has 0 rings (SSSR count). The van der Waals surface area contributed by atoms with E-state index in [2.05, 4.69) is 0 Å². The summed E-state index contributed by atoms with van der Waals surface area (Å²) in [5, 5.41) is 72.2. The van der Waals surface area contributed by atoms with Crippen LogP contribution in [-0.4, -0.2) is 109 Å². The summed E-state index contributed by atoms with van der Waals surface area (Å²) in [7, 11) is 0. The average molecular weight is 491 g/mol. The molecule has 0 aliphatic heterocycles. The van der Waals surface area contributed by atoms with Crippen molar-refractivity contribution in [3.8, 4) is 0 Å². The standard InChI is InChI=1S/2C6H8O7.4Na.H2O/c2*7-3(8)1-2(5(10)11)4(9)6(12)13;;;;;/h2*2,4,9H,1H2,(H,7,8)(H,10,11)(H,12,13);;;;;1H2/q;;;3*+1;/p-3. The molecular formula is C12H15Na4O15. The van der Waals surface area contributed by atoms with Gasteiger partial charge in [0.05, 0.1) is 12.4 Å². The van der Waals surface area contributed by atoms with E-state index < -0.39 is 72.7 Å². The zero-order chi connectivity index (χ0) is 21.2. The molecule has 0 aliphatic rings. The summed E-state index contributed by atoms with van der Waals surface area (Å²) in [5.74, 6) is -14.6. The zero-order valence-corrected chi connectivity index (χ0v) is 25.1. The van der Waals surface area contributed by atoms with Gasteiger partial charge in [0.25, 0.3) is 0 Å². The molecule has 7 N–H and O–H groups in total. The molecule has 0 aromatic heterocycles. The Labute approximate surface area is 262 Å². The molecule has 0 aromatic rings. The Kier molecular flexibility index (Phi) is 40.0. The fraction of sp³-hybridized carbons (Fsp3) is 0.500. The van der Waals surface area contributed by atoms with Crippen molar-refractivity contribution < 1.29 is 164 Å². The van der Waals surface area contributed by atoms with Gasteiger partial charge in [-0.15, -0.1) is 0 Å². The van der Waals surface area contributed by atoms with Crippen molar-refractivity contribution in [1.82, 2.24) is 0 Å². The van der Waals surface area contributed by atoms with Gasteiger partial charge in [-0.2, -0.15) is 0 Å². The molecule has 1 radical (unpaired) electrons. The molecule has 4 unspecified atom stereocenters. The molecule has 19 heteroatoms. The topological polar surface area (TPSA) is 304 Å². The van der Waals surface area contributed by atoms with Crippen molar-refractivity contribution >= 4 is 65.4 Å². The van der Waals surface area contributed by atoms with Gasteiger partial charge in [-0.1, -0.05) is 0 Å². The van der Waals surface area contributed by atoms with Gasteiger partial charge in [-0.25, -0.2) is 4.79 Å². The molecule has 0 saturated heterocycles. The monoisotopic (exact) mass is 491 g/mol. The van der Waals surface area contributed by atoms with E-state index in [1.807, 2.05) is 0 Å². The van der Waals surface area contributed by atoms with Crippen LogP contribution in [0.15, 0.2) is 0 Å². The summed E-state index contributed by atoms with van der Waals surface area (Å²) in [5.41, 5.74) is 0. The van der Waals surface area contributed by atoms with Crippen LogP contribution in [0.5, 0.6) is 0 Å². The number of rotatable bonds is 10. The van der Waals surface area contributed by atoms with Gasteiger partial charge in [-0.3, -0.25) is 9.59 Å². The first-order valence-electron chi connectivity index (χ1n) is 6.37. The van der Waals surface area contributed by atoms with E-state index in [4.69, 9.17) is 25.5 Å². The number of aliphatic hydroxyl groups is 2.